The summed E-state index contributed by atoms with van der Waals surface area (Å²) in [6.45, 7) is 8.64. The molecular weight excluding hydrogens is 340 g/mol. The van der Waals surface area contributed by atoms with Gasteiger partial charge in [-0.25, -0.2) is 0 Å². The van der Waals surface area contributed by atoms with Gasteiger partial charge in [0, 0.05) is 40.0 Å². The van der Waals surface area contributed by atoms with Gasteiger partial charge in [-0.1, -0.05) is 69.0 Å². The van der Waals surface area contributed by atoms with Crippen molar-refractivity contribution < 1.29 is 0 Å². The molecule has 0 bridgehead atoms. The van der Waals surface area contributed by atoms with Crippen LogP contribution < -0.4 is 0 Å². The fraction of sp³-hybridized carbons (Fsp3) is 0.115. The highest BCUT2D eigenvalue weighted by Crippen LogP contribution is 2.45. The fourth-order valence-corrected chi connectivity index (χ4v) is 4.41. The third-order valence-corrected chi connectivity index (χ3v) is 5.86. The van der Waals surface area contributed by atoms with E-state index in [4.69, 9.17) is 0 Å². The van der Waals surface area contributed by atoms with Crippen LogP contribution in [0.3, 0.4) is 0 Å². The number of fused-ring (bicyclic) bond motifs is 2. The van der Waals surface area contributed by atoms with E-state index in [1.165, 1.54) is 33.3 Å². The summed E-state index contributed by atoms with van der Waals surface area (Å²) in [5.41, 5.74) is 8.38. The predicted octanol–water partition coefficient (Wildman–Crippen LogP) is 6.39. The second kappa shape index (κ2) is 6.07. The molecule has 1 aliphatic rings. The van der Waals surface area contributed by atoms with Gasteiger partial charge in [0.25, 0.3) is 0 Å². The van der Waals surface area contributed by atoms with Gasteiger partial charge in [-0.05, 0) is 35.4 Å². The highest BCUT2D eigenvalue weighted by atomic mass is 15.0. The molecule has 28 heavy (non-hydrogen) atoms. The number of nitrogens with zero attached hydrogens (tertiary/aromatic N) is 2. The zero-order valence-corrected chi connectivity index (χ0v) is 16.2. The van der Waals surface area contributed by atoms with Crippen LogP contribution in [0.4, 0.5) is 0 Å². The summed E-state index contributed by atoms with van der Waals surface area (Å²) < 4.78 is 2.34. The molecule has 0 aliphatic carbocycles. The van der Waals surface area contributed by atoms with Crippen LogP contribution in [0, 0.1) is 0 Å². The molecule has 0 saturated carbocycles. The molecule has 0 N–H and O–H groups in total. The third-order valence-electron chi connectivity index (χ3n) is 5.86. The maximum absolute atomic E-state index is 4.50. The average molecular weight is 362 g/mol. The number of para-hydroxylation sites is 2. The molecule has 0 amide bonds. The van der Waals surface area contributed by atoms with E-state index in [-0.39, 0.29) is 5.41 Å². The van der Waals surface area contributed by atoms with Gasteiger partial charge in [-0.2, -0.15) is 0 Å². The van der Waals surface area contributed by atoms with E-state index in [0.29, 0.717) is 0 Å². The predicted molar refractivity (Wildman–Crippen MR) is 118 cm³/mol. The van der Waals surface area contributed by atoms with E-state index in [2.05, 4.69) is 84.7 Å². The second-order valence-corrected chi connectivity index (χ2v) is 7.82. The molecule has 0 spiro atoms. The number of allylic oxidation sites excluding steroid dienone is 2. The molecule has 4 aromatic rings. The van der Waals surface area contributed by atoms with Gasteiger partial charge < -0.3 is 4.57 Å². The first-order chi connectivity index (χ1) is 13.6. The van der Waals surface area contributed by atoms with E-state index >= 15 is 0 Å². The number of rotatable bonds is 3. The molecule has 2 heteroatoms. The molecule has 2 aromatic heterocycles. The molecule has 5 rings (SSSR count). The van der Waals surface area contributed by atoms with Crippen molar-refractivity contribution in [2.24, 2.45) is 0 Å². The summed E-state index contributed by atoms with van der Waals surface area (Å²) in [5.74, 6) is 0. The van der Waals surface area contributed by atoms with Crippen molar-refractivity contribution in [3.8, 4) is 5.69 Å². The molecule has 0 saturated heterocycles. The van der Waals surface area contributed by atoms with E-state index in [0.717, 1.165) is 11.3 Å². The van der Waals surface area contributed by atoms with E-state index in [9.17, 15) is 0 Å². The van der Waals surface area contributed by atoms with Crippen LogP contribution in [0.1, 0.15) is 36.2 Å². The van der Waals surface area contributed by atoms with Gasteiger partial charge in [0.15, 0.2) is 0 Å². The minimum atomic E-state index is -0.0340. The Bertz CT molecular complexity index is 1240. The van der Waals surface area contributed by atoms with Gasteiger partial charge in [0.05, 0.1) is 11.2 Å². The van der Waals surface area contributed by atoms with Gasteiger partial charge in [-0.3, -0.25) is 4.98 Å². The molecule has 0 unspecified atom stereocenters. The fourth-order valence-electron chi connectivity index (χ4n) is 4.41. The van der Waals surface area contributed by atoms with Crippen molar-refractivity contribution >= 4 is 22.6 Å². The Morgan fingerprint density at radius 2 is 1.75 bits per heavy atom. The molecule has 0 atom stereocenters. The Morgan fingerprint density at radius 1 is 0.964 bits per heavy atom. The van der Waals surface area contributed by atoms with Crippen LogP contribution in [0.25, 0.3) is 28.2 Å². The van der Waals surface area contributed by atoms with E-state index in [1.54, 1.807) is 0 Å². The van der Waals surface area contributed by atoms with Crippen molar-refractivity contribution in [2.75, 3.05) is 0 Å². The lowest BCUT2D eigenvalue weighted by atomic mass is 9.75. The molecule has 1 aliphatic heterocycles. The summed E-state index contributed by atoms with van der Waals surface area (Å²) in [6.07, 6.45) is 8.14. The standard InChI is InChI=1S/C26H22N2/c1-4-18(23-13-7-8-15-27-23)16-19-17-28-24-14-6-5-11-21(24)26(2,3)22-12-9-10-20(19)25(22)28/h4-17H,1H2,2-3H3/b18-16+. The lowest BCUT2D eigenvalue weighted by Crippen LogP contribution is -2.25. The first-order valence-corrected chi connectivity index (χ1v) is 9.61. The van der Waals surface area contributed by atoms with Crippen molar-refractivity contribution in [1.82, 2.24) is 9.55 Å². The Labute approximate surface area is 165 Å². The number of hydrogen-bond donors (Lipinski definition) is 0. The van der Waals surface area contributed by atoms with E-state index in [1.807, 2.05) is 30.5 Å². The lowest BCUT2D eigenvalue weighted by molar-refractivity contribution is 0.628. The second-order valence-electron chi connectivity index (χ2n) is 7.82. The summed E-state index contributed by atoms with van der Waals surface area (Å²) in [5, 5.41) is 1.26. The number of hydrogen-bond acceptors (Lipinski definition) is 1. The third kappa shape index (κ3) is 2.31. The van der Waals surface area contributed by atoms with Crippen molar-refractivity contribution in [2.45, 2.75) is 19.3 Å². The topological polar surface area (TPSA) is 17.8 Å². The molecule has 136 valence electrons. The Balaban J connectivity index is 1.82. The SMILES string of the molecule is C=C/C(=C\c1cn2c3c(cccc13)C(C)(C)c1ccccc1-2)c1ccccn1. The van der Waals surface area contributed by atoms with Crippen LogP contribution in [-0.4, -0.2) is 9.55 Å². The lowest BCUT2D eigenvalue weighted by Gasteiger charge is -2.34. The normalized spacial score (nSPS) is 14.7. The maximum atomic E-state index is 4.50. The maximum Gasteiger partial charge on any atom is 0.0701 e. The van der Waals surface area contributed by atoms with Crippen molar-refractivity contribution in [3.63, 3.8) is 0 Å². The minimum Gasteiger partial charge on any atom is -0.315 e. The summed E-state index contributed by atoms with van der Waals surface area (Å²) in [6, 6.07) is 21.3. The monoisotopic (exact) mass is 362 g/mol. The zero-order valence-electron chi connectivity index (χ0n) is 16.2. The van der Waals surface area contributed by atoms with Crippen LogP contribution in [0.5, 0.6) is 0 Å². The Morgan fingerprint density at radius 3 is 2.54 bits per heavy atom. The van der Waals surface area contributed by atoms with Crippen molar-refractivity contribution in [3.05, 3.63) is 108 Å². The van der Waals surface area contributed by atoms with Crippen LogP contribution in [0.15, 0.2) is 85.7 Å². The molecule has 2 nitrogen and oxygen atoms in total. The van der Waals surface area contributed by atoms with Crippen LogP contribution in [0.2, 0.25) is 0 Å². The largest absolute Gasteiger partial charge is 0.315 e. The number of aromatic nitrogens is 2. The minimum absolute atomic E-state index is 0.0340. The average Bonchev–Trinajstić information content (AvgIpc) is 3.10. The number of benzene rings is 2. The Kier molecular flexibility index (Phi) is 3.63. The molecule has 0 fully saturated rings. The van der Waals surface area contributed by atoms with Crippen LogP contribution in [-0.2, 0) is 5.41 Å². The van der Waals surface area contributed by atoms with Gasteiger partial charge in [0.1, 0.15) is 0 Å². The quantitative estimate of drug-likeness (QED) is 0.386. The van der Waals surface area contributed by atoms with Crippen molar-refractivity contribution in [1.29, 1.82) is 0 Å². The molecular formula is C26H22N2. The molecule has 3 heterocycles. The summed E-state index contributed by atoms with van der Waals surface area (Å²) in [4.78, 5) is 4.50. The van der Waals surface area contributed by atoms with E-state index < -0.39 is 0 Å². The van der Waals surface area contributed by atoms with Crippen LogP contribution >= 0.6 is 0 Å². The number of pyridine rings is 1. The van der Waals surface area contributed by atoms with Gasteiger partial charge in [-0.15, -0.1) is 0 Å². The highest BCUT2D eigenvalue weighted by molar-refractivity contribution is 5.99. The highest BCUT2D eigenvalue weighted by Gasteiger charge is 2.33. The first kappa shape index (κ1) is 16.8. The zero-order chi connectivity index (χ0) is 19.3. The molecule has 2 aromatic carbocycles. The Hall–Kier alpha value is -3.39. The molecule has 0 radical (unpaired) electrons. The smallest absolute Gasteiger partial charge is 0.0701 e. The first-order valence-electron chi connectivity index (χ1n) is 9.61. The van der Waals surface area contributed by atoms with Gasteiger partial charge in [0.2, 0.25) is 0 Å². The summed E-state index contributed by atoms with van der Waals surface area (Å²) in [7, 11) is 0. The summed E-state index contributed by atoms with van der Waals surface area (Å²) >= 11 is 0. The van der Waals surface area contributed by atoms with Gasteiger partial charge >= 0.3 is 0 Å².